The number of para-hydroxylation sites is 1. The monoisotopic (exact) mass is 604 g/mol. The fraction of sp³-hybridized carbons (Fsp3) is 0.233. The van der Waals surface area contributed by atoms with E-state index in [4.69, 9.17) is 26.1 Å². The topological polar surface area (TPSA) is 111 Å². The predicted molar refractivity (Wildman–Crippen MR) is 163 cm³/mol. The summed E-state index contributed by atoms with van der Waals surface area (Å²) in [4.78, 5) is 34.0. The summed E-state index contributed by atoms with van der Waals surface area (Å²) in [7, 11) is 3.06. The van der Waals surface area contributed by atoms with Gasteiger partial charge in [-0.15, -0.1) is 16.4 Å². The molecule has 0 aliphatic rings. The number of ether oxygens (including phenoxy) is 2. The largest absolute Gasteiger partial charge is 0.497 e. The molecule has 0 radical (unpaired) electrons. The molecule has 0 saturated heterocycles. The Labute approximate surface area is 251 Å². The molecule has 0 unspecified atom stereocenters. The summed E-state index contributed by atoms with van der Waals surface area (Å²) in [6.45, 7) is 3.38. The quantitative estimate of drug-likeness (QED) is 0.219. The van der Waals surface area contributed by atoms with E-state index in [2.05, 4.69) is 15.6 Å². The maximum atomic E-state index is 14.0. The molecule has 12 heteroatoms. The number of hydrogen-bond acceptors (Lipinski definition) is 8. The number of hydrogen-bond donors (Lipinski definition) is 1. The first-order chi connectivity index (χ1) is 20.2. The van der Waals surface area contributed by atoms with Gasteiger partial charge >= 0.3 is 0 Å². The molecule has 0 aliphatic heterocycles. The van der Waals surface area contributed by atoms with E-state index in [-0.39, 0.29) is 19.0 Å². The lowest BCUT2D eigenvalue weighted by molar-refractivity contribution is -0.145. The molecule has 1 N–H and O–H groups in total. The van der Waals surface area contributed by atoms with Gasteiger partial charge in [0, 0.05) is 22.0 Å². The molecule has 2 heterocycles. The molecule has 0 saturated carbocycles. The highest BCUT2D eigenvalue weighted by Gasteiger charge is 2.39. The predicted octanol–water partition coefficient (Wildman–Crippen LogP) is 5.67. The third kappa shape index (κ3) is 6.07. The van der Waals surface area contributed by atoms with Gasteiger partial charge in [0.1, 0.15) is 34.1 Å². The Morgan fingerprint density at radius 1 is 1.05 bits per heavy atom. The van der Waals surface area contributed by atoms with Gasteiger partial charge in [0.2, 0.25) is 11.8 Å². The highest BCUT2D eigenvalue weighted by Crippen LogP contribution is 2.31. The molecular formula is C30H29ClN6O4S. The van der Waals surface area contributed by atoms with Crippen molar-refractivity contribution in [1.82, 2.24) is 24.9 Å². The van der Waals surface area contributed by atoms with Gasteiger partial charge in [-0.2, -0.15) is 0 Å². The molecule has 5 rings (SSSR count). The molecule has 216 valence electrons. The van der Waals surface area contributed by atoms with Crippen LogP contribution >= 0.6 is 22.9 Å². The van der Waals surface area contributed by atoms with Crippen LogP contribution in [-0.4, -0.2) is 56.5 Å². The second-order valence-electron chi connectivity index (χ2n) is 9.93. The van der Waals surface area contributed by atoms with Gasteiger partial charge in [-0.3, -0.25) is 9.59 Å². The summed E-state index contributed by atoms with van der Waals surface area (Å²) < 4.78 is 12.3. The fourth-order valence-corrected chi connectivity index (χ4v) is 5.33. The summed E-state index contributed by atoms with van der Waals surface area (Å²) in [5.74, 6) is 0.284. The average Bonchev–Trinajstić information content (AvgIpc) is 3.63. The van der Waals surface area contributed by atoms with E-state index in [0.29, 0.717) is 32.7 Å². The normalized spacial score (nSPS) is 11.4. The number of thiazole rings is 1. The molecule has 42 heavy (non-hydrogen) atoms. The number of anilines is 1. The summed E-state index contributed by atoms with van der Waals surface area (Å²) >= 11 is 7.46. The van der Waals surface area contributed by atoms with Crippen LogP contribution in [0.4, 0.5) is 5.69 Å². The van der Waals surface area contributed by atoms with Crippen LogP contribution in [0.3, 0.4) is 0 Å². The first-order valence-corrected chi connectivity index (χ1v) is 14.3. The van der Waals surface area contributed by atoms with Gasteiger partial charge in [0.05, 0.1) is 37.7 Å². The number of benzene rings is 3. The zero-order chi connectivity index (χ0) is 29.9. The lowest BCUT2D eigenvalue weighted by Gasteiger charge is -2.37. The van der Waals surface area contributed by atoms with Gasteiger partial charge < -0.3 is 19.7 Å². The van der Waals surface area contributed by atoms with Crippen LogP contribution in [0, 0.1) is 0 Å². The Balaban J connectivity index is 1.45. The minimum Gasteiger partial charge on any atom is -0.497 e. The van der Waals surface area contributed by atoms with Crippen molar-refractivity contribution in [3.05, 3.63) is 82.1 Å². The zero-order valence-electron chi connectivity index (χ0n) is 23.5. The number of nitrogens with one attached hydrogen (secondary N) is 1. The second kappa shape index (κ2) is 12.2. The third-order valence-electron chi connectivity index (χ3n) is 6.88. The number of halogens is 1. The van der Waals surface area contributed by atoms with Crippen molar-refractivity contribution in [1.29, 1.82) is 0 Å². The Morgan fingerprint density at radius 3 is 2.55 bits per heavy atom. The minimum atomic E-state index is -1.30. The highest BCUT2D eigenvalue weighted by molar-refractivity contribution is 7.09. The number of nitrogens with zero attached hydrogens (tertiary/aromatic N) is 5. The third-order valence-corrected chi connectivity index (χ3v) is 7.96. The molecule has 0 spiro atoms. The molecular weight excluding hydrogens is 576 g/mol. The van der Waals surface area contributed by atoms with E-state index in [0.717, 1.165) is 16.8 Å². The van der Waals surface area contributed by atoms with Gasteiger partial charge in [-0.25, -0.2) is 9.67 Å². The molecule has 2 amide bonds. The number of carbonyl (C=O) groups excluding carboxylic acids is 2. The van der Waals surface area contributed by atoms with Gasteiger partial charge in [0.15, 0.2) is 0 Å². The Bertz CT molecular complexity index is 1730. The van der Waals surface area contributed by atoms with E-state index in [1.807, 2.05) is 41.8 Å². The highest BCUT2D eigenvalue weighted by atomic mass is 35.5. The van der Waals surface area contributed by atoms with Crippen LogP contribution in [-0.2, 0) is 22.7 Å². The molecule has 0 bridgehead atoms. The van der Waals surface area contributed by atoms with E-state index < -0.39 is 11.4 Å². The first kappa shape index (κ1) is 29.0. The summed E-state index contributed by atoms with van der Waals surface area (Å²) in [5.41, 5.74) is 2.20. The van der Waals surface area contributed by atoms with Crippen molar-refractivity contribution in [2.24, 2.45) is 0 Å². The van der Waals surface area contributed by atoms with E-state index >= 15 is 0 Å². The van der Waals surface area contributed by atoms with E-state index in [1.165, 1.54) is 28.0 Å². The summed E-state index contributed by atoms with van der Waals surface area (Å²) in [6, 6.07) is 19.9. The van der Waals surface area contributed by atoms with Crippen molar-refractivity contribution in [3.8, 4) is 22.8 Å². The summed E-state index contributed by atoms with van der Waals surface area (Å²) in [5, 5.41) is 14.5. The maximum absolute atomic E-state index is 14.0. The standard InChI is InChI=1S/C30H29ClN6O4S/c1-30(2,29(39)33-23-14-13-21(40-3)15-26(23)41-4)36(28(38)17-37-25-8-6-5-7-22(25)34-35-37)16-27-32-24(18-42-27)19-9-11-20(31)12-10-19/h5-15,18H,16-17H2,1-4H3,(H,33,39). The van der Waals surface area contributed by atoms with Crippen LogP contribution in [0.5, 0.6) is 11.5 Å². The first-order valence-electron chi connectivity index (χ1n) is 13.0. The smallest absolute Gasteiger partial charge is 0.249 e. The Morgan fingerprint density at radius 2 is 1.81 bits per heavy atom. The molecule has 2 aromatic heterocycles. The molecule has 3 aromatic carbocycles. The maximum Gasteiger partial charge on any atom is 0.249 e. The molecule has 5 aromatic rings. The zero-order valence-corrected chi connectivity index (χ0v) is 25.1. The van der Waals surface area contributed by atoms with Crippen molar-refractivity contribution >= 4 is 51.5 Å². The number of fused-ring (bicyclic) bond motifs is 1. The van der Waals surface area contributed by atoms with Crippen molar-refractivity contribution < 1.29 is 19.1 Å². The number of amides is 2. The number of methoxy groups -OCH3 is 2. The van der Waals surface area contributed by atoms with Crippen LogP contribution in [0.2, 0.25) is 5.02 Å². The van der Waals surface area contributed by atoms with Gasteiger partial charge in [0.25, 0.3) is 0 Å². The van der Waals surface area contributed by atoms with Crippen molar-refractivity contribution in [3.63, 3.8) is 0 Å². The van der Waals surface area contributed by atoms with Gasteiger partial charge in [-0.05, 0) is 50.2 Å². The van der Waals surface area contributed by atoms with Crippen LogP contribution < -0.4 is 14.8 Å². The molecule has 0 fully saturated rings. The van der Waals surface area contributed by atoms with E-state index in [1.54, 1.807) is 51.3 Å². The minimum absolute atomic E-state index is 0.101. The Kier molecular flexibility index (Phi) is 8.41. The molecule has 10 nitrogen and oxygen atoms in total. The van der Waals surface area contributed by atoms with Gasteiger partial charge in [-0.1, -0.05) is 41.1 Å². The van der Waals surface area contributed by atoms with E-state index in [9.17, 15) is 9.59 Å². The van der Waals surface area contributed by atoms with Crippen molar-refractivity contribution in [2.75, 3.05) is 19.5 Å². The van der Waals surface area contributed by atoms with Crippen LogP contribution in [0.1, 0.15) is 18.9 Å². The van der Waals surface area contributed by atoms with Crippen LogP contribution in [0.15, 0.2) is 72.1 Å². The summed E-state index contributed by atoms with van der Waals surface area (Å²) in [6.07, 6.45) is 0. The van der Waals surface area contributed by atoms with Crippen molar-refractivity contribution in [2.45, 2.75) is 32.5 Å². The van der Waals surface area contributed by atoms with Crippen LogP contribution in [0.25, 0.3) is 22.3 Å². The molecule has 0 aliphatic carbocycles. The lowest BCUT2D eigenvalue weighted by Crippen LogP contribution is -2.55. The Hall–Kier alpha value is -4.48. The second-order valence-corrected chi connectivity index (χ2v) is 11.3. The lowest BCUT2D eigenvalue weighted by atomic mass is 10.0. The number of carbonyl (C=O) groups is 2. The fourth-order valence-electron chi connectivity index (χ4n) is 4.42. The average molecular weight is 605 g/mol. The number of aromatic nitrogens is 4. The SMILES string of the molecule is COc1ccc(NC(=O)C(C)(C)N(Cc2nc(-c3ccc(Cl)cc3)cs2)C(=O)Cn2nnc3ccccc32)c(OC)c1. The molecule has 0 atom stereocenters. The number of rotatable bonds is 10.